The molecular formula is C23H23Cl2N3O4. The van der Waals surface area contributed by atoms with Gasteiger partial charge in [-0.15, -0.1) is 0 Å². The van der Waals surface area contributed by atoms with Crippen LogP contribution in [0.4, 0.5) is 10.5 Å². The molecule has 3 aromatic rings. The highest BCUT2D eigenvalue weighted by atomic mass is 35.5. The quantitative estimate of drug-likeness (QED) is 0.427. The minimum absolute atomic E-state index is 0.194. The predicted octanol–water partition coefficient (Wildman–Crippen LogP) is 5.94. The number of nitrogens with zero attached hydrogens (tertiary/aromatic N) is 2. The summed E-state index contributed by atoms with van der Waals surface area (Å²) < 4.78 is 10.4. The van der Waals surface area contributed by atoms with E-state index >= 15 is 0 Å². The van der Waals surface area contributed by atoms with Crippen molar-refractivity contribution in [2.45, 2.75) is 33.4 Å². The summed E-state index contributed by atoms with van der Waals surface area (Å²) in [4.78, 5) is 27.1. The molecule has 0 saturated carbocycles. The minimum atomic E-state index is -0.831. The highest BCUT2D eigenvalue weighted by Gasteiger charge is 2.29. The summed E-state index contributed by atoms with van der Waals surface area (Å²) in [6.07, 6.45) is 0. The van der Waals surface area contributed by atoms with Gasteiger partial charge in [-0.25, -0.2) is 9.59 Å². The standard InChI is InChI=1S/C23H23Cl2N3O4/c1-4-31-22(29)14(2)28(13-16-9-6-5-7-10-16)23(30)26-20-15(3)32-27-21(20)19-17(24)11-8-12-18(19)25/h5-12,14H,4,13H2,1-3H3,(H,26,30)/t14-/m0/s1. The maximum Gasteiger partial charge on any atom is 0.328 e. The van der Waals surface area contributed by atoms with E-state index in [0.29, 0.717) is 32.8 Å². The number of hydrogen-bond donors (Lipinski definition) is 1. The van der Waals surface area contributed by atoms with E-state index in [4.69, 9.17) is 32.5 Å². The summed E-state index contributed by atoms with van der Waals surface area (Å²) in [5.74, 6) is -0.136. The number of carbonyl (C=O) groups is 2. The van der Waals surface area contributed by atoms with Crippen molar-refractivity contribution in [3.05, 3.63) is 69.9 Å². The summed E-state index contributed by atoms with van der Waals surface area (Å²) >= 11 is 12.7. The first kappa shape index (κ1) is 23.6. The van der Waals surface area contributed by atoms with Crippen molar-refractivity contribution in [3.63, 3.8) is 0 Å². The minimum Gasteiger partial charge on any atom is -0.464 e. The highest BCUT2D eigenvalue weighted by Crippen LogP contribution is 2.39. The van der Waals surface area contributed by atoms with E-state index in [1.54, 1.807) is 39.0 Å². The molecule has 1 N–H and O–H groups in total. The molecule has 7 nitrogen and oxygen atoms in total. The fraction of sp³-hybridized carbons (Fsp3) is 0.261. The Morgan fingerprint density at radius 3 is 2.41 bits per heavy atom. The molecule has 3 rings (SSSR count). The van der Waals surface area contributed by atoms with Crippen molar-refractivity contribution in [2.24, 2.45) is 0 Å². The van der Waals surface area contributed by atoms with Crippen molar-refractivity contribution in [2.75, 3.05) is 11.9 Å². The number of rotatable bonds is 7. The van der Waals surface area contributed by atoms with E-state index in [9.17, 15) is 9.59 Å². The molecule has 0 saturated heterocycles. The Morgan fingerprint density at radius 2 is 1.78 bits per heavy atom. The summed E-state index contributed by atoms with van der Waals surface area (Å²) in [5, 5.41) is 7.59. The van der Waals surface area contributed by atoms with Crippen LogP contribution in [-0.2, 0) is 16.1 Å². The first-order chi connectivity index (χ1) is 15.3. The zero-order chi connectivity index (χ0) is 23.3. The van der Waals surface area contributed by atoms with Crippen LogP contribution in [0.25, 0.3) is 11.3 Å². The second kappa shape index (κ2) is 10.5. The molecule has 2 aromatic carbocycles. The molecule has 0 unspecified atom stereocenters. The van der Waals surface area contributed by atoms with Crippen LogP contribution in [0.5, 0.6) is 0 Å². The van der Waals surface area contributed by atoms with Crippen LogP contribution in [0.2, 0.25) is 10.0 Å². The topological polar surface area (TPSA) is 84.7 Å². The molecule has 0 aliphatic rings. The SMILES string of the molecule is CCOC(=O)[C@H](C)N(Cc1ccccc1)C(=O)Nc1c(-c2c(Cl)cccc2Cl)noc1C. The third-order valence-corrected chi connectivity index (χ3v) is 5.48. The number of ether oxygens (including phenoxy) is 1. The van der Waals surface area contributed by atoms with E-state index in [1.165, 1.54) is 4.90 Å². The van der Waals surface area contributed by atoms with Gasteiger partial charge in [0.25, 0.3) is 0 Å². The molecule has 32 heavy (non-hydrogen) atoms. The molecule has 1 heterocycles. The summed E-state index contributed by atoms with van der Waals surface area (Å²) in [5.41, 5.74) is 1.92. The molecule has 9 heteroatoms. The van der Waals surface area contributed by atoms with Gasteiger partial charge in [0.05, 0.1) is 16.7 Å². The maximum absolute atomic E-state index is 13.3. The number of nitrogens with one attached hydrogen (secondary N) is 1. The lowest BCUT2D eigenvalue weighted by Crippen LogP contribution is -2.45. The Bertz CT molecular complexity index is 1080. The van der Waals surface area contributed by atoms with E-state index in [2.05, 4.69) is 10.5 Å². The van der Waals surface area contributed by atoms with Crippen molar-refractivity contribution in [1.29, 1.82) is 0 Å². The van der Waals surface area contributed by atoms with Gasteiger partial charge in [-0.05, 0) is 38.5 Å². The molecule has 0 radical (unpaired) electrons. The van der Waals surface area contributed by atoms with E-state index in [-0.39, 0.29) is 13.2 Å². The average molecular weight is 476 g/mol. The summed E-state index contributed by atoms with van der Waals surface area (Å²) in [7, 11) is 0. The van der Waals surface area contributed by atoms with Crippen LogP contribution in [0.1, 0.15) is 25.2 Å². The van der Waals surface area contributed by atoms with E-state index < -0.39 is 18.0 Å². The van der Waals surface area contributed by atoms with E-state index in [1.807, 2.05) is 30.3 Å². The van der Waals surface area contributed by atoms with Crippen LogP contribution >= 0.6 is 23.2 Å². The molecule has 0 aliphatic heterocycles. The Hall–Kier alpha value is -3.03. The first-order valence-corrected chi connectivity index (χ1v) is 10.8. The Kier molecular flexibility index (Phi) is 7.77. The zero-order valence-corrected chi connectivity index (χ0v) is 19.4. The molecule has 2 amide bonds. The van der Waals surface area contributed by atoms with Gasteiger partial charge in [0.2, 0.25) is 0 Å². The number of aryl methyl sites for hydroxylation is 1. The second-order valence-corrected chi connectivity index (χ2v) is 7.85. The molecule has 0 spiro atoms. The Balaban J connectivity index is 1.94. The maximum atomic E-state index is 13.3. The van der Waals surface area contributed by atoms with Gasteiger partial charge in [-0.1, -0.05) is 64.8 Å². The smallest absolute Gasteiger partial charge is 0.328 e. The lowest BCUT2D eigenvalue weighted by Gasteiger charge is -2.28. The lowest BCUT2D eigenvalue weighted by atomic mass is 10.1. The number of aromatic nitrogens is 1. The molecule has 0 bridgehead atoms. The van der Waals surface area contributed by atoms with Crippen LogP contribution < -0.4 is 5.32 Å². The van der Waals surface area contributed by atoms with Crippen LogP contribution in [0.15, 0.2) is 53.1 Å². The second-order valence-electron chi connectivity index (χ2n) is 7.03. The molecule has 1 aromatic heterocycles. The third-order valence-electron chi connectivity index (χ3n) is 4.85. The molecule has 168 valence electrons. The Morgan fingerprint density at radius 1 is 1.12 bits per heavy atom. The van der Waals surface area contributed by atoms with Gasteiger partial charge in [0, 0.05) is 12.1 Å². The van der Waals surface area contributed by atoms with Gasteiger partial charge in [0.1, 0.15) is 17.4 Å². The highest BCUT2D eigenvalue weighted by molar-refractivity contribution is 6.39. The number of esters is 1. The van der Waals surface area contributed by atoms with E-state index in [0.717, 1.165) is 5.56 Å². The van der Waals surface area contributed by atoms with Crippen molar-refractivity contribution in [1.82, 2.24) is 10.1 Å². The van der Waals surface area contributed by atoms with Gasteiger partial charge in [-0.3, -0.25) is 0 Å². The van der Waals surface area contributed by atoms with Crippen molar-refractivity contribution >= 4 is 40.9 Å². The molecule has 0 aliphatic carbocycles. The number of hydrogen-bond acceptors (Lipinski definition) is 5. The fourth-order valence-electron chi connectivity index (χ4n) is 3.15. The fourth-order valence-corrected chi connectivity index (χ4v) is 3.72. The van der Waals surface area contributed by atoms with Gasteiger partial charge in [0.15, 0.2) is 5.76 Å². The predicted molar refractivity (Wildman–Crippen MR) is 124 cm³/mol. The monoisotopic (exact) mass is 475 g/mol. The summed E-state index contributed by atoms with van der Waals surface area (Å²) in [6, 6.07) is 13.0. The number of halogens is 2. The number of amides is 2. The first-order valence-electron chi connectivity index (χ1n) is 10.0. The van der Waals surface area contributed by atoms with Crippen LogP contribution in [-0.4, -0.2) is 34.7 Å². The number of anilines is 1. The number of benzene rings is 2. The van der Waals surface area contributed by atoms with Crippen molar-refractivity contribution in [3.8, 4) is 11.3 Å². The van der Waals surface area contributed by atoms with Gasteiger partial charge in [-0.2, -0.15) is 0 Å². The lowest BCUT2D eigenvalue weighted by molar-refractivity contribution is -0.147. The van der Waals surface area contributed by atoms with Crippen LogP contribution in [0.3, 0.4) is 0 Å². The summed E-state index contributed by atoms with van der Waals surface area (Å²) in [6.45, 7) is 5.40. The Labute approximate surface area is 196 Å². The molecule has 1 atom stereocenters. The molecule has 0 fully saturated rings. The van der Waals surface area contributed by atoms with Gasteiger partial charge < -0.3 is 19.5 Å². The normalized spacial score (nSPS) is 11.7. The van der Waals surface area contributed by atoms with Gasteiger partial charge >= 0.3 is 12.0 Å². The van der Waals surface area contributed by atoms with Crippen molar-refractivity contribution < 1.29 is 18.8 Å². The number of urea groups is 1. The average Bonchev–Trinajstić information content (AvgIpc) is 3.12. The largest absolute Gasteiger partial charge is 0.464 e. The third kappa shape index (κ3) is 5.23. The number of carbonyl (C=O) groups excluding carboxylic acids is 2. The zero-order valence-electron chi connectivity index (χ0n) is 17.9. The molecular weight excluding hydrogens is 453 g/mol. The van der Waals surface area contributed by atoms with Crippen LogP contribution in [0, 0.1) is 6.92 Å².